The maximum Gasteiger partial charge on any atom is 0.339 e. The second kappa shape index (κ2) is 6.57. The Morgan fingerprint density at radius 3 is 2.79 bits per heavy atom. The fraction of sp³-hybridized carbons (Fsp3) is 0.222. The highest BCUT2D eigenvalue weighted by atomic mass is 32.2. The Labute approximate surface area is 141 Å². The van der Waals surface area contributed by atoms with Crippen LogP contribution in [0.5, 0.6) is 17.2 Å². The van der Waals surface area contributed by atoms with E-state index >= 15 is 0 Å². The summed E-state index contributed by atoms with van der Waals surface area (Å²) in [6.07, 6.45) is 3.12. The van der Waals surface area contributed by atoms with Gasteiger partial charge in [0.1, 0.15) is 10.6 Å². The van der Waals surface area contributed by atoms with Crippen LogP contribution >= 0.6 is 0 Å². The standard InChI is InChI=1S/C18H18O5S/c1-3-4-13-5-7-17(18(11-13)21-2)23-24(19,20)15-6-8-16-14(12-15)9-10-22-16/h3,5-8,11-12H,1,4,9-10H2,2H3. The van der Waals surface area contributed by atoms with Gasteiger partial charge in [-0.05, 0) is 47.9 Å². The highest BCUT2D eigenvalue weighted by Gasteiger charge is 2.22. The molecule has 0 unspecified atom stereocenters. The molecule has 1 heterocycles. The van der Waals surface area contributed by atoms with Crippen molar-refractivity contribution in [3.63, 3.8) is 0 Å². The van der Waals surface area contributed by atoms with Gasteiger partial charge >= 0.3 is 10.1 Å². The first-order valence-electron chi connectivity index (χ1n) is 7.51. The molecule has 0 aliphatic carbocycles. The molecule has 0 aromatic heterocycles. The highest BCUT2D eigenvalue weighted by Crippen LogP contribution is 2.33. The van der Waals surface area contributed by atoms with Crippen LogP contribution in [0.2, 0.25) is 0 Å². The molecule has 0 N–H and O–H groups in total. The predicted molar refractivity (Wildman–Crippen MR) is 90.3 cm³/mol. The van der Waals surface area contributed by atoms with Gasteiger partial charge in [0, 0.05) is 6.42 Å². The molecule has 3 rings (SSSR count). The van der Waals surface area contributed by atoms with Gasteiger partial charge in [0.25, 0.3) is 0 Å². The third kappa shape index (κ3) is 3.23. The number of hydrogen-bond donors (Lipinski definition) is 0. The summed E-state index contributed by atoms with van der Waals surface area (Å²) in [4.78, 5) is 0.101. The number of methoxy groups -OCH3 is 1. The van der Waals surface area contributed by atoms with Gasteiger partial charge in [-0.25, -0.2) is 0 Å². The van der Waals surface area contributed by atoms with Crippen LogP contribution in [0.25, 0.3) is 0 Å². The van der Waals surface area contributed by atoms with Crippen LogP contribution in [0, 0.1) is 0 Å². The van der Waals surface area contributed by atoms with Crippen molar-refractivity contribution in [2.24, 2.45) is 0 Å². The molecule has 1 aliphatic heterocycles. The Morgan fingerprint density at radius 2 is 2.04 bits per heavy atom. The van der Waals surface area contributed by atoms with Crippen molar-refractivity contribution >= 4 is 10.1 Å². The van der Waals surface area contributed by atoms with Crippen LogP contribution in [0.15, 0.2) is 53.9 Å². The number of benzene rings is 2. The lowest BCUT2D eigenvalue weighted by Crippen LogP contribution is -2.10. The lowest BCUT2D eigenvalue weighted by molar-refractivity contribution is 0.356. The lowest BCUT2D eigenvalue weighted by Gasteiger charge is -2.12. The molecule has 24 heavy (non-hydrogen) atoms. The van der Waals surface area contributed by atoms with Gasteiger partial charge in [-0.15, -0.1) is 6.58 Å². The Kier molecular flexibility index (Phi) is 4.49. The van der Waals surface area contributed by atoms with Crippen molar-refractivity contribution < 1.29 is 22.1 Å². The van der Waals surface area contributed by atoms with E-state index in [0.717, 1.165) is 16.9 Å². The number of hydrogen-bond acceptors (Lipinski definition) is 5. The monoisotopic (exact) mass is 346 g/mol. The van der Waals surface area contributed by atoms with Crippen molar-refractivity contribution in [2.45, 2.75) is 17.7 Å². The molecule has 0 bridgehead atoms. The lowest BCUT2D eigenvalue weighted by atomic mass is 10.1. The van der Waals surface area contributed by atoms with Gasteiger partial charge in [-0.1, -0.05) is 12.1 Å². The van der Waals surface area contributed by atoms with Crippen molar-refractivity contribution in [1.82, 2.24) is 0 Å². The van der Waals surface area contributed by atoms with Gasteiger partial charge in [-0.3, -0.25) is 0 Å². The quantitative estimate of drug-likeness (QED) is 0.594. The number of allylic oxidation sites excluding steroid dienone is 1. The topological polar surface area (TPSA) is 61.8 Å². The molecule has 126 valence electrons. The van der Waals surface area contributed by atoms with E-state index < -0.39 is 10.1 Å². The first-order chi connectivity index (χ1) is 11.5. The van der Waals surface area contributed by atoms with E-state index in [1.165, 1.54) is 13.2 Å². The summed E-state index contributed by atoms with van der Waals surface area (Å²) < 4.78 is 41.0. The average molecular weight is 346 g/mol. The van der Waals surface area contributed by atoms with Crippen LogP contribution in [0.4, 0.5) is 0 Å². The van der Waals surface area contributed by atoms with Gasteiger partial charge < -0.3 is 13.7 Å². The first-order valence-corrected chi connectivity index (χ1v) is 8.92. The summed E-state index contributed by atoms with van der Waals surface area (Å²) in [5.74, 6) is 1.24. The van der Waals surface area contributed by atoms with Gasteiger partial charge in [-0.2, -0.15) is 8.42 Å². The summed E-state index contributed by atoms with van der Waals surface area (Å²) >= 11 is 0. The van der Waals surface area contributed by atoms with Crippen LogP contribution in [0.3, 0.4) is 0 Å². The molecule has 5 nitrogen and oxygen atoms in total. The van der Waals surface area contributed by atoms with E-state index in [1.807, 2.05) is 0 Å². The van der Waals surface area contributed by atoms with Crippen LogP contribution in [-0.2, 0) is 23.0 Å². The minimum Gasteiger partial charge on any atom is -0.493 e. The summed E-state index contributed by atoms with van der Waals surface area (Å²) in [5.41, 5.74) is 1.83. The smallest absolute Gasteiger partial charge is 0.339 e. The Balaban J connectivity index is 1.90. The van der Waals surface area contributed by atoms with E-state index in [1.54, 1.807) is 36.4 Å². The van der Waals surface area contributed by atoms with Gasteiger partial charge in [0.05, 0.1) is 13.7 Å². The highest BCUT2D eigenvalue weighted by molar-refractivity contribution is 7.87. The third-order valence-electron chi connectivity index (χ3n) is 3.76. The molecule has 6 heteroatoms. The van der Waals surface area contributed by atoms with Crippen LogP contribution in [-0.4, -0.2) is 22.1 Å². The summed E-state index contributed by atoms with van der Waals surface area (Å²) in [5, 5.41) is 0. The second-order valence-corrected chi connectivity index (χ2v) is 6.93. The van der Waals surface area contributed by atoms with Crippen molar-refractivity contribution in [1.29, 1.82) is 0 Å². The molecule has 0 radical (unpaired) electrons. The molecule has 0 fully saturated rings. The van der Waals surface area contributed by atoms with Crippen molar-refractivity contribution in [2.75, 3.05) is 13.7 Å². The van der Waals surface area contributed by atoms with E-state index in [2.05, 4.69) is 6.58 Å². The Morgan fingerprint density at radius 1 is 1.21 bits per heavy atom. The number of fused-ring (bicyclic) bond motifs is 1. The Bertz CT molecular complexity index is 871. The molecule has 0 amide bonds. The second-order valence-electron chi connectivity index (χ2n) is 5.38. The van der Waals surface area contributed by atoms with E-state index in [4.69, 9.17) is 13.7 Å². The van der Waals surface area contributed by atoms with E-state index in [9.17, 15) is 8.42 Å². The van der Waals surface area contributed by atoms with Crippen LogP contribution in [0.1, 0.15) is 11.1 Å². The normalized spacial score (nSPS) is 13.0. The van der Waals surface area contributed by atoms with E-state index in [-0.39, 0.29) is 10.6 Å². The molecule has 2 aromatic rings. The van der Waals surface area contributed by atoms with E-state index in [0.29, 0.717) is 25.2 Å². The SMILES string of the molecule is C=CCc1ccc(OS(=O)(=O)c2ccc3c(c2)CCO3)c(OC)c1. The van der Waals surface area contributed by atoms with Gasteiger partial charge in [0.15, 0.2) is 11.5 Å². The number of ether oxygens (including phenoxy) is 2. The average Bonchev–Trinajstić information content (AvgIpc) is 3.04. The maximum atomic E-state index is 12.5. The minimum absolute atomic E-state index is 0.101. The zero-order chi connectivity index (χ0) is 17.2. The molecule has 0 saturated heterocycles. The summed E-state index contributed by atoms with van der Waals surface area (Å²) in [6.45, 7) is 4.25. The van der Waals surface area contributed by atoms with Crippen molar-refractivity contribution in [3.05, 3.63) is 60.2 Å². The number of rotatable bonds is 6. The largest absolute Gasteiger partial charge is 0.493 e. The molecule has 0 atom stereocenters. The molecule has 1 aliphatic rings. The fourth-order valence-corrected chi connectivity index (χ4v) is 3.55. The predicted octanol–water partition coefficient (Wildman–Crippen LogP) is 3.13. The fourth-order valence-electron chi connectivity index (χ4n) is 2.56. The third-order valence-corrected chi connectivity index (χ3v) is 4.99. The van der Waals surface area contributed by atoms with Crippen molar-refractivity contribution in [3.8, 4) is 17.2 Å². The molecule has 0 saturated carbocycles. The van der Waals surface area contributed by atoms with Crippen LogP contribution < -0.4 is 13.7 Å². The molecular weight excluding hydrogens is 328 g/mol. The molecular formula is C18H18O5S. The molecule has 2 aromatic carbocycles. The maximum absolute atomic E-state index is 12.5. The zero-order valence-corrected chi connectivity index (χ0v) is 14.1. The van der Waals surface area contributed by atoms with Gasteiger partial charge in [0.2, 0.25) is 0 Å². The Hall–Kier alpha value is -2.47. The first kappa shape index (κ1) is 16.4. The minimum atomic E-state index is -3.95. The zero-order valence-electron chi connectivity index (χ0n) is 13.3. The summed E-state index contributed by atoms with van der Waals surface area (Å²) in [6, 6.07) is 9.84. The molecule has 0 spiro atoms. The summed E-state index contributed by atoms with van der Waals surface area (Å²) in [7, 11) is -2.48.